The van der Waals surface area contributed by atoms with Crippen LogP contribution in [0, 0.1) is 17.3 Å². The van der Waals surface area contributed by atoms with E-state index in [9.17, 15) is 19.5 Å². The summed E-state index contributed by atoms with van der Waals surface area (Å²) in [4.78, 5) is 41.4. The van der Waals surface area contributed by atoms with Crippen LogP contribution in [0.4, 0.5) is 0 Å². The number of hydrogen-bond acceptors (Lipinski definition) is 5. The molecule has 1 heterocycles. The van der Waals surface area contributed by atoms with E-state index in [0.717, 1.165) is 11.1 Å². The van der Waals surface area contributed by atoms with Crippen LogP contribution in [0.3, 0.4) is 0 Å². The molecule has 2 aromatic carbocycles. The molecule has 0 spiro atoms. The third-order valence-electron chi connectivity index (χ3n) is 7.15. The zero-order chi connectivity index (χ0) is 28.3. The Morgan fingerprint density at radius 2 is 1.54 bits per heavy atom. The Morgan fingerprint density at radius 1 is 0.949 bits per heavy atom. The molecule has 1 aliphatic rings. The molecule has 1 aliphatic heterocycles. The number of allylic oxidation sites excluding steroid dienone is 2. The van der Waals surface area contributed by atoms with E-state index in [0.29, 0.717) is 25.8 Å². The minimum Gasteiger partial charge on any atom is -0.463 e. The van der Waals surface area contributed by atoms with Gasteiger partial charge in [-0.2, -0.15) is 0 Å². The molecular weight excluding hydrogens is 492 g/mol. The third-order valence-corrected chi connectivity index (χ3v) is 7.15. The number of hydrogen-bond donors (Lipinski definition) is 2. The highest BCUT2D eigenvalue weighted by Gasteiger charge is 2.33. The molecular formula is C32H42N2O5. The summed E-state index contributed by atoms with van der Waals surface area (Å²) in [7, 11) is 0. The summed E-state index contributed by atoms with van der Waals surface area (Å²) in [5, 5.41) is 12.6. The van der Waals surface area contributed by atoms with Gasteiger partial charge in [0, 0.05) is 19.5 Å². The average Bonchev–Trinajstić information content (AvgIpc) is 2.91. The van der Waals surface area contributed by atoms with Crippen molar-refractivity contribution in [1.82, 2.24) is 10.2 Å². The van der Waals surface area contributed by atoms with Crippen LogP contribution in [-0.2, 0) is 32.1 Å². The van der Waals surface area contributed by atoms with Crippen molar-refractivity contribution in [3.63, 3.8) is 0 Å². The fourth-order valence-electron chi connectivity index (χ4n) is 4.60. The molecule has 39 heavy (non-hydrogen) atoms. The second kappa shape index (κ2) is 14.6. The van der Waals surface area contributed by atoms with Crippen molar-refractivity contribution >= 4 is 17.8 Å². The number of amides is 2. The van der Waals surface area contributed by atoms with Crippen LogP contribution in [0.2, 0.25) is 0 Å². The lowest BCUT2D eigenvalue weighted by molar-refractivity contribution is -0.151. The highest BCUT2D eigenvalue weighted by molar-refractivity contribution is 5.86. The molecule has 210 valence electrons. The smallest absolute Gasteiger partial charge is 0.309 e. The minimum absolute atomic E-state index is 0.0209. The van der Waals surface area contributed by atoms with Crippen LogP contribution in [0.5, 0.6) is 0 Å². The second-order valence-corrected chi connectivity index (χ2v) is 11.3. The van der Waals surface area contributed by atoms with E-state index in [1.54, 1.807) is 4.90 Å². The zero-order valence-electron chi connectivity index (χ0n) is 23.3. The number of rotatable bonds is 8. The van der Waals surface area contributed by atoms with Gasteiger partial charge in [0.25, 0.3) is 0 Å². The highest BCUT2D eigenvalue weighted by atomic mass is 16.5. The number of nitrogens with zero attached hydrogens (tertiary/aromatic N) is 1. The molecule has 7 heteroatoms. The van der Waals surface area contributed by atoms with Crippen LogP contribution in [-0.4, -0.2) is 53.6 Å². The topological polar surface area (TPSA) is 95.9 Å². The van der Waals surface area contributed by atoms with Crippen molar-refractivity contribution in [2.24, 2.45) is 17.3 Å². The van der Waals surface area contributed by atoms with Crippen molar-refractivity contribution in [2.45, 2.75) is 59.0 Å². The van der Waals surface area contributed by atoms with Gasteiger partial charge in [-0.25, -0.2) is 0 Å². The second-order valence-electron chi connectivity index (χ2n) is 11.3. The van der Waals surface area contributed by atoms with Crippen LogP contribution < -0.4 is 5.32 Å². The van der Waals surface area contributed by atoms with Gasteiger partial charge >= 0.3 is 5.97 Å². The van der Waals surface area contributed by atoms with Crippen LogP contribution >= 0.6 is 0 Å². The summed E-state index contributed by atoms with van der Waals surface area (Å²) >= 11 is 0. The van der Waals surface area contributed by atoms with E-state index < -0.39 is 12.0 Å². The Bertz CT molecular complexity index is 1090. The number of esters is 1. The van der Waals surface area contributed by atoms with Crippen molar-refractivity contribution in [1.29, 1.82) is 0 Å². The summed E-state index contributed by atoms with van der Waals surface area (Å²) in [6, 6.07) is 19.0. The standard InChI is InChI=1S/C32H42N2O5/c1-32(2,3)28-23-39-31(38)27(20-24-12-6-4-7-13-24)17-11-10-16-26(30(37)33-28)21-29(36)34(18-19-35)22-25-14-8-5-9-15-25/h4-15,26-28,35H,16-23H2,1-3H3,(H,33,37). The number of carbonyl (C=O) groups is 3. The molecule has 2 aromatic rings. The van der Waals surface area contributed by atoms with Crippen LogP contribution in [0.25, 0.3) is 0 Å². The lowest BCUT2D eigenvalue weighted by Crippen LogP contribution is -2.50. The third kappa shape index (κ3) is 9.66. The van der Waals surface area contributed by atoms with Gasteiger partial charge in [-0.15, -0.1) is 0 Å². The average molecular weight is 535 g/mol. The first-order chi connectivity index (χ1) is 18.7. The molecule has 7 nitrogen and oxygen atoms in total. The molecule has 2 N–H and O–H groups in total. The van der Waals surface area contributed by atoms with Crippen LogP contribution in [0.15, 0.2) is 72.8 Å². The quantitative estimate of drug-likeness (QED) is 0.389. The van der Waals surface area contributed by atoms with E-state index >= 15 is 0 Å². The molecule has 0 radical (unpaired) electrons. The molecule has 3 unspecified atom stereocenters. The summed E-state index contributed by atoms with van der Waals surface area (Å²) in [6.07, 6.45) is 5.25. The van der Waals surface area contributed by atoms with Gasteiger partial charge in [0.15, 0.2) is 0 Å². The first-order valence-corrected chi connectivity index (χ1v) is 13.8. The van der Waals surface area contributed by atoms with E-state index in [1.807, 2.05) is 93.6 Å². The molecule has 0 saturated heterocycles. The Morgan fingerprint density at radius 3 is 2.13 bits per heavy atom. The fourth-order valence-corrected chi connectivity index (χ4v) is 4.60. The van der Waals surface area contributed by atoms with Gasteiger partial charge in [0.05, 0.1) is 24.5 Å². The minimum atomic E-state index is -0.585. The maximum absolute atomic E-state index is 13.4. The molecule has 0 aromatic heterocycles. The van der Waals surface area contributed by atoms with E-state index in [1.165, 1.54) is 0 Å². The van der Waals surface area contributed by atoms with E-state index in [2.05, 4.69) is 5.32 Å². The number of nitrogens with one attached hydrogen (secondary N) is 1. The number of aliphatic hydroxyl groups excluding tert-OH is 1. The van der Waals surface area contributed by atoms with Crippen molar-refractivity contribution in [3.05, 3.63) is 83.9 Å². The molecule has 2 amide bonds. The van der Waals surface area contributed by atoms with Gasteiger partial charge in [0.2, 0.25) is 11.8 Å². The Labute approximate surface area is 232 Å². The molecule has 3 atom stereocenters. The largest absolute Gasteiger partial charge is 0.463 e. The van der Waals surface area contributed by atoms with Gasteiger partial charge < -0.3 is 20.1 Å². The first kappa shape index (κ1) is 30.1. The fraction of sp³-hybridized carbons (Fsp3) is 0.469. The number of aliphatic hydroxyl groups is 1. The van der Waals surface area contributed by atoms with Crippen molar-refractivity contribution in [3.8, 4) is 0 Å². The Balaban J connectivity index is 1.79. The maximum atomic E-state index is 13.4. The molecule has 0 fully saturated rings. The lowest BCUT2D eigenvalue weighted by atomic mass is 9.86. The Hall–Kier alpha value is -3.45. The first-order valence-electron chi connectivity index (χ1n) is 13.8. The zero-order valence-corrected chi connectivity index (χ0v) is 23.3. The van der Waals surface area contributed by atoms with Crippen LogP contribution in [0.1, 0.15) is 51.2 Å². The van der Waals surface area contributed by atoms with Crippen molar-refractivity contribution in [2.75, 3.05) is 19.8 Å². The summed E-state index contributed by atoms with van der Waals surface area (Å²) in [5.74, 6) is -1.63. The summed E-state index contributed by atoms with van der Waals surface area (Å²) in [6.45, 7) is 6.43. The SMILES string of the molecule is CC(C)(C)C1COC(=O)C(Cc2ccccc2)CC=CCC(CC(=O)N(CCO)Cc2ccccc2)C(=O)N1. The summed E-state index contributed by atoms with van der Waals surface area (Å²) in [5.41, 5.74) is 1.66. The van der Waals surface area contributed by atoms with Gasteiger partial charge in [-0.3, -0.25) is 14.4 Å². The predicted octanol–water partition coefficient (Wildman–Crippen LogP) is 4.30. The molecule has 0 saturated carbocycles. The number of benzene rings is 2. The van der Waals surface area contributed by atoms with E-state index in [4.69, 9.17) is 4.74 Å². The van der Waals surface area contributed by atoms with Crippen molar-refractivity contribution < 1.29 is 24.2 Å². The molecule has 3 rings (SSSR count). The maximum Gasteiger partial charge on any atom is 0.309 e. The lowest BCUT2D eigenvalue weighted by Gasteiger charge is -2.33. The van der Waals surface area contributed by atoms with E-state index in [-0.39, 0.29) is 55.3 Å². The molecule has 0 aliphatic carbocycles. The predicted molar refractivity (Wildman–Crippen MR) is 151 cm³/mol. The van der Waals surface area contributed by atoms with Gasteiger partial charge in [0.1, 0.15) is 6.61 Å². The Kier molecular flexibility index (Phi) is 11.3. The number of carbonyl (C=O) groups excluding carboxylic acids is 3. The number of ether oxygens (including phenoxy) is 1. The monoisotopic (exact) mass is 534 g/mol. The highest BCUT2D eigenvalue weighted by Crippen LogP contribution is 2.24. The van der Waals surface area contributed by atoms with Gasteiger partial charge in [-0.05, 0) is 35.8 Å². The number of cyclic esters (lactones) is 1. The summed E-state index contributed by atoms with van der Waals surface area (Å²) < 4.78 is 5.75. The van der Waals surface area contributed by atoms with Gasteiger partial charge in [-0.1, -0.05) is 93.6 Å². The normalized spacial score (nSPS) is 20.8. The molecule has 0 bridgehead atoms.